The van der Waals surface area contributed by atoms with Crippen molar-refractivity contribution in [3.8, 4) is 0 Å². The van der Waals surface area contributed by atoms with Gasteiger partial charge in [-0.05, 0) is 39.5 Å². The lowest BCUT2D eigenvalue weighted by Crippen LogP contribution is -2.12. The van der Waals surface area contributed by atoms with E-state index in [0.29, 0.717) is 16.9 Å². The summed E-state index contributed by atoms with van der Waals surface area (Å²) in [7, 11) is 0. The van der Waals surface area contributed by atoms with Crippen LogP contribution in [-0.2, 0) is 0 Å². The highest BCUT2D eigenvalue weighted by molar-refractivity contribution is 7.99. The van der Waals surface area contributed by atoms with Crippen LogP contribution in [0.25, 0.3) is 0 Å². The minimum Gasteiger partial charge on any atom is -0.436 e. The largest absolute Gasteiger partial charge is 0.436 e. The molecule has 0 aliphatic rings. The summed E-state index contributed by atoms with van der Waals surface area (Å²) in [6, 6.07) is 0. The van der Waals surface area contributed by atoms with Crippen LogP contribution < -0.4 is 11.3 Å². The molecule has 3 N–H and O–H groups in total. The van der Waals surface area contributed by atoms with E-state index in [1.165, 1.54) is 11.8 Å². The number of rotatable bonds is 3. The Hall–Kier alpha value is -1.60. The molecule has 2 rings (SSSR count). The molecular weight excluding hydrogens is 250 g/mol. The van der Waals surface area contributed by atoms with Gasteiger partial charge in [-0.1, -0.05) is 0 Å². The van der Waals surface area contributed by atoms with Crippen LogP contribution in [0.2, 0.25) is 0 Å². The van der Waals surface area contributed by atoms with Crippen LogP contribution >= 0.6 is 11.8 Å². The SMILES string of the molecule is Cc1nc(NN)c(C)c(Sc2nc(C)c(C)o2)n1. The van der Waals surface area contributed by atoms with Gasteiger partial charge in [-0.25, -0.2) is 20.8 Å². The summed E-state index contributed by atoms with van der Waals surface area (Å²) < 4.78 is 5.53. The number of nitrogens with zero attached hydrogens (tertiary/aromatic N) is 3. The Morgan fingerprint density at radius 2 is 1.83 bits per heavy atom. The van der Waals surface area contributed by atoms with E-state index in [1.54, 1.807) is 0 Å². The van der Waals surface area contributed by atoms with Gasteiger partial charge in [0, 0.05) is 5.56 Å². The third-order valence-electron chi connectivity index (χ3n) is 2.54. The summed E-state index contributed by atoms with van der Waals surface area (Å²) in [5.74, 6) is 7.50. The van der Waals surface area contributed by atoms with Crippen molar-refractivity contribution >= 4 is 17.6 Å². The molecule has 2 heterocycles. The van der Waals surface area contributed by atoms with Gasteiger partial charge in [-0.15, -0.1) is 0 Å². The van der Waals surface area contributed by atoms with E-state index in [1.807, 2.05) is 27.7 Å². The smallest absolute Gasteiger partial charge is 0.262 e. The fraction of sp³-hybridized carbons (Fsp3) is 0.364. The molecule has 0 amide bonds. The van der Waals surface area contributed by atoms with Crippen molar-refractivity contribution in [3.05, 3.63) is 22.8 Å². The maximum absolute atomic E-state index is 5.53. The Morgan fingerprint density at radius 1 is 1.11 bits per heavy atom. The van der Waals surface area contributed by atoms with Crippen LogP contribution in [0.4, 0.5) is 5.82 Å². The van der Waals surface area contributed by atoms with E-state index < -0.39 is 0 Å². The van der Waals surface area contributed by atoms with Crippen molar-refractivity contribution in [1.29, 1.82) is 0 Å². The number of hydrazine groups is 1. The molecule has 0 unspecified atom stereocenters. The minimum absolute atomic E-state index is 0.578. The molecule has 6 nitrogen and oxygen atoms in total. The zero-order valence-electron chi connectivity index (χ0n) is 10.7. The molecule has 0 atom stereocenters. The summed E-state index contributed by atoms with van der Waals surface area (Å²) in [4.78, 5) is 12.9. The molecule has 0 aliphatic heterocycles. The van der Waals surface area contributed by atoms with Gasteiger partial charge in [0.15, 0.2) is 0 Å². The van der Waals surface area contributed by atoms with E-state index in [4.69, 9.17) is 10.3 Å². The first-order chi connectivity index (χ1) is 8.51. The molecule has 0 saturated carbocycles. The Kier molecular flexibility index (Phi) is 3.53. The summed E-state index contributed by atoms with van der Waals surface area (Å²) in [6.07, 6.45) is 0. The van der Waals surface area contributed by atoms with Crippen LogP contribution in [0, 0.1) is 27.7 Å². The number of oxazole rings is 1. The molecule has 7 heteroatoms. The van der Waals surface area contributed by atoms with Gasteiger partial charge < -0.3 is 9.84 Å². The van der Waals surface area contributed by atoms with Gasteiger partial charge in [-0.3, -0.25) is 0 Å². The summed E-state index contributed by atoms with van der Waals surface area (Å²) in [6.45, 7) is 7.52. The van der Waals surface area contributed by atoms with E-state index >= 15 is 0 Å². The predicted molar refractivity (Wildman–Crippen MR) is 69.4 cm³/mol. The second-order valence-corrected chi connectivity index (χ2v) is 4.86. The zero-order valence-corrected chi connectivity index (χ0v) is 11.6. The second-order valence-electron chi connectivity index (χ2n) is 3.92. The minimum atomic E-state index is 0.578. The van der Waals surface area contributed by atoms with Gasteiger partial charge in [0.2, 0.25) is 0 Å². The van der Waals surface area contributed by atoms with Gasteiger partial charge in [0.05, 0.1) is 5.69 Å². The number of aromatic nitrogens is 3. The molecule has 0 radical (unpaired) electrons. The van der Waals surface area contributed by atoms with E-state index in [9.17, 15) is 0 Å². The normalized spacial score (nSPS) is 10.7. The van der Waals surface area contributed by atoms with Crippen molar-refractivity contribution in [3.63, 3.8) is 0 Å². The standard InChI is InChI=1S/C11H15N5OS/c1-5-9(16-12)14-8(4)15-10(5)18-11-13-6(2)7(3)17-11/h12H2,1-4H3,(H,14,15,16). The molecule has 18 heavy (non-hydrogen) atoms. The van der Waals surface area contributed by atoms with Gasteiger partial charge in [-0.2, -0.15) is 0 Å². The maximum Gasteiger partial charge on any atom is 0.262 e. The molecule has 0 saturated heterocycles. The van der Waals surface area contributed by atoms with Crippen LogP contribution in [0.15, 0.2) is 14.7 Å². The Labute approximate surface area is 109 Å². The Morgan fingerprint density at radius 3 is 2.39 bits per heavy atom. The lowest BCUT2D eigenvalue weighted by molar-refractivity contribution is 0.431. The molecular formula is C11H15N5OS. The number of nitrogen functional groups attached to an aromatic ring is 1. The topological polar surface area (TPSA) is 89.9 Å². The number of nitrogens with two attached hydrogens (primary N) is 1. The molecule has 0 spiro atoms. The summed E-state index contributed by atoms with van der Waals surface area (Å²) in [5.41, 5.74) is 4.33. The van der Waals surface area contributed by atoms with Gasteiger partial charge in [0.1, 0.15) is 22.4 Å². The van der Waals surface area contributed by atoms with Crippen LogP contribution in [0.1, 0.15) is 22.8 Å². The monoisotopic (exact) mass is 265 g/mol. The van der Waals surface area contributed by atoms with Crippen molar-refractivity contribution < 1.29 is 4.42 Å². The zero-order chi connectivity index (χ0) is 13.3. The van der Waals surface area contributed by atoms with E-state index in [0.717, 1.165) is 22.0 Å². The molecule has 0 aromatic carbocycles. The van der Waals surface area contributed by atoms with E-state index in [2.05, 4.69) is 20.4 Å². The highest BCUT2D eigenvalue weighted by Crippen LogP contribution is 2.31. The van der Waals surface area contributed by atoms with Crippen LogP contribution in [-0.4, -0.2) is 15.0 Å². The molecule has 2 aromatic heterocycles. The number of nitrogens with one attached hydrogen (secondary N) is 1. The molecule has 0 bridgehead atoms. The second kappa shape index (κ2) is 4.95. The van der Waals surface area contributed by atoms with Gasteiger partial charge in [0.25, 0.3) is 5.22 Å². The van der Waals surface area contributed by atoms with Gasteiger partial charge >= 0.3 is 0 Å². The average Bonchev–Trinajstić information content (AvgIpc) is 2.62. The van der Waals surface area contributed by atoms with Crippen molar-refractivity contribution in [2.24, 2.45) is 5.84 Å². The highest BCUT2D eigenvalue weighted by atomic mass is 32.2. The van der Waals surface area contributed by atoms with Crippen LogP contribution in [0.5, 0.6) is 0 Å². The lowest BCUT2D eigenvalue weighted by Gasteiger charge is -2.08. The third-order valence-corrected chi connectivity index (χ3v) is 3.48. The Balaban J connectivity index is 2.36. The first-order valence-electron chi connectivity index (χ1n) is 5.45. The number of aryl methyl sites for hydroxylation is 3. The van der Waals surface area contributed by atoms with Crippen molar-refractivity contribution in [2.45, 2.75) is 37.9 Å². The quantitative estimate of drug-likeness (QED) is 0.499. The molecule has 0 fully saturated rings. The molecule has 96 valence electrons. The first kappa shape index (κ1) is 12.8. The van der Waals surface area contributed by atoms with Crippen LogP contribution in [0.3, 0.4) is 0 Å². The Bertz CT molecular complexity index is 562. The van der Waals surface area contributed by atoms with E-state index in [-0.39, 0.29) is 0 Å². The average molecular weight is 265 g/mol. The first-order valence-corrected chi connectivity index (χ1v) is 6.26. The summed E-state index contributed by atoms with van der Waals surface area (Å²) in [5, 5.41) is 1.37. The van der Waals surface area contributed by atoms with Crippen molar-refractivity contribution in [1.82, 2.24) is 15.0 Å². The molecule has 0 aliphatic carbocycles. The number of anilines is 1. The highest BCUT2D eigenvalue weighted by Gasteiger charge is 2.14. The van der Waals surface area contributed by atoms with Crippen molar-refractivity contribution in [2.75, 3.05) is 5.43 Å². The predicted octanol–water partition coefficient (Wildman–Crippen LogP) is 2.14. The maximum atomic E-state index is 5.53. The summed E-state index contributed by atoms with van der Waals surface area (Å²) >= 11 is 1.37. The number of hydrogen-bond acceptors (Lipinski definition) is 7. The molecule has 2 aromatic rings. The fourth-order valence-electron chi connectivity index (χ4n) is 1.41. The lowest BCUT2D eigenvalue weighted by atomic mass is 10.3. The fourth-order valence-corrected chi connectivity index (χ4v) is 2.35. The third kappa shape index (κ3) is 2.46. The number of hydrogen-bond donors (Lipinski definition) is 2.